The van der Waals surface area contributed by atoms with Crippen LogP contribution in [-0.2, 0) is 10.0 Å². The van der Waals surface area contributed by atoms with Crippen LogP contribution < -0.4 is 0 Å². The second-order valence-electron chi connectivity index (χ2n) is 5.53. The Bertz CT molecular complexity index is 508. The highest BCUT2D eigenvalue weighted by Gasteiger charge is 2.30. The molecule has 1 aliphatic rings. The van der Waals surface area contributed by atoms with E-state index in [1.807, 2.05) is 19.9 Å². The molecule has 20 heavy (non-hydrogen) atoms. The minimum absolute atomic E-state index is 0.0351. The molecule has 0 atom stereocenters. The zero-order chi connectivity index (χ0) is 14.6. The van der Waals surface area contributed by atoms with Gasteiger partial charge in [-0.1, -0.05) is 49.4 Å². The molecule has 0 bridgehead atoms. The van der Waals surface area contributed by atoms with Crippen LogP contribution in [0.25, 0.3) is 0 Å². The van der Waals surface area contributed by atoms with Gasteiger partial charge in [-0.05, 0) is 38.8 Å². The molecule has 0 spiro atoms. The Morgan fingerprint density at radius 3 is 2.25 bits per heavy atom. The zero-order valence-corrected chi connectivity index (χ0v) is 13.8. The Balaban J connectivity index is 2.19. The highest BCUT2D eigenvalue weighted by molar-refractivity contribution is 8.08. The maximum atomic E-state index is 12.8. The maximum absolute atomic E-state index is 12.8. The summed E-state index contributed by atoms with van der Waals surface area (Å²) in [7, 11) is -3.40. The summed E-state index contributed by atoms with van der Waals surface area (Å²) in [5, 5.41) is 0.435. The molecule has 0 amide bonds. The van der Waals surface area contributed by atoms with Crippen LogP contribution in [0.4, 0.5) is 0 Å². The summed E-state index contributed by atoms with van der Waals surface area (Å²) in [6, 6.07) is 8.70. The second kappa shape index (κ2) is 6.96. The van der Waals surface area contributed by atoms with Gasteiger partial charge < -0.3 is 0 Å². The van der Waals surface area contributed by atoms with E-state index >= 15 is 0 Å². The van der Waals surface area contributed by atoms with Crippen molar-refractivity contribution >= 4 is 22.0 Å². The first-order valence-electron chi connectivity index (χ1n) is 7.28. The molecule has 1 aliphatic carbocycles. The molecule has 112 valence electrons. The molecule has 1 aromatic rings. The van der Waals surface area contributed by atoms with E-state index < -0.39 is 10.0 Å². The molecule has 5 heteroatoms. The first-order valence-corrected chi connectivity index (χ1v) is 9.56. The first kappa shape index (κ1) is 15.9. The van der Waals surface area contributed by atoms with Crippen molar-refractivity contribution < 1.29 is 8.42 Å². The molecule has 0 unspecified atom stereocenters. The van der Waals surface area contributed by atoms with Crippen molar-refractivity contribution in [3.05, 3.63) is 30.3 Å². The molecule has 1 aromatic carbocycles. The lowest BCUT2D eigenvalue weighted by Crippen LogP contribution is -2.33. The Hall–Kier alpha value is -0.520. The average Bonchev–Trinajstić information content (AvgIpc) is 2.46. The fraction of sp³-hybridized carbons (Fsp3) is 0.600. The fourth-order valence-electron chi connectivity index (χ4n) is 2.47. The van der Waals surface area contributed by atoms with Crippen LogP contribution in [0.3, 0.4) is 0 Å². The van der Waals surface area contributed by atoms with Crippen LogP contribution >= 0.6 is 11.9 Å². The fourth-order valence-corrected chi connectivity index (χ4v) is 5.89. The van der Waals surface area contributed by atoms with Crippen LogP contribution in [0.15, 0.2) is 35.2 Å². The Kier molecular flexibility index (Phi) is 5.52. The molecular weight excluding hydrogens is 290 g/mol. The molecule has 2 rings (SSSR count). The molecular formula is C15H23NO2S2. The zero-order valence-electron chi connectivity index (χ0n) is 12.2. The molecule has 0 saturated heterocycles. The van der Waals surface area contributed by atoms with Crippen LogP contribution in [0.2, 0.25) is 0 Å². The van der Waals surface area contributed by atoms with Gasteiger partial charge >= 0.3 is 0 Å². The van der Waals surface area contributed by atoms with E-state index in [4.69, 9.17) is 0 Å². The molecule has 1 saturated carbocycles. The van der Waals surface area contributed by atoms with Gasteiger partial charge in [0.2, 0.25) is 0 Å². The van der Waals surface area contributed by atoms with E-state index in [1.165, 1.54) is 31.2 Å². The number of hydrogen-bond donors (Lipinski definition) is 0. The van der Waals surface area contributed by atoms with Crippen LogP contribution in [-0.4, -0.2) is 23.4 Å². The normalized spacial score (nSPS) is 17.8. The quantitative estimate of drug-likeness (QED) is 0.769. The Morgan fingerprint density at radius 2 is 1.70 bits per heavy atom. The topological polar surface area (TPSA) is 37.4 Å². The summed E-state index contributed by atoms with van der Waals surface area (Å²) in [6.07, 6.45) is 5.96. The summed E-state index contributed by atoms with van der Waals surface area (Å²) in [5.74, 6) is 0. The molecule has 0 N–H and O–H groups in total. The summed E-state index contributed by atoms with van der Waals surface area (Å²) in [5.41, 5.74) is 0. The van der Waals surface area contributed by atoms with Gasteiger partial charge in [0.15, 0.2) is 0 Å². The number of rotatable bonds is 5. The van der Waals surface area contributed by atoms with Crippen LogP contribution in [0.5, 0.6) is 0 Å². The second-order valence-corrected chi connectivity index (χ2v) is 8.85. The summed E-state index contributed by atoms with van der Waals surface area (Å²) < 4.78 is 27.1. The van der Waals surface area contributed by atoms with Gasteiger partial charge in [-0.2, -0.15) is 0 Å². The van der Waals surface area contributed by atoms with Gasteiger partial charge in [0.25, 0.3) is 10.0 Å². The molecule has 1 fully saturated rings. The van der Waals surface area contributed by atoms with Crippen molar-refractivity contribution in [1.82, 2.24) is 3.71 Å². The molecule has 0 aliphatic heterocycles. The minimum Gasteiger partial charge on any atom is -0.206 e. The van der Waals surface area contributed by atoms with Gasteiger partial charge in [0.1, 0.15) is 0 Å². The predicted octanol–water partition coefficient (Wildman–Crippen LogP) is 4.07. The van der Waals surface area contributed by atoms with Gasteiger partial charge in [0, 0.05) is 11.3 Å². The summed E-state index contributed by atoms with van der Waals surface area (Å²) in [4.78, 5) is 0.386. The van der Waals surface area contributed by atoms with E-state index in [0.717, 1.165) is 12.8 Å². The number of nitrogens with zero attached hydrogens (tertiary/aromatic N) is 1. The van der Waals surface area contributed by atoms with E-state index in [0.29, 0.717) is 10.1 Å². The average molecular weight is 313 g/mol. The number of sulfonamides is 1. The van der Waals surface area contributed by atoms with Crippen molar-refractivity contribution in [1.29, 1.82) is 0 Å². The third-order valence-corrected chi connectivity index (χ3v) is 7.51. The highest BCUT2D eigenvalue weighted by Crippen LogP contribution is 2.35. The smallest absolute Gasteiger partial charge is 0.206 e. The molecule has 0 radical (unpaired) electrons. The van der Waals surface area contributed by atoms with Gasteiger partial charge in [0.05, 0.1) is 4.90 Å². The van der Waals surface area contributed by atoms with E-state index in [-0.39, 0.29) is 6.04 Å². The summed E-state index contributed by atoms with van der Waals surface area (Å²) >= 11 is 1.52. The Labute approximate surface area is 126 Å². The minimum atomic E-state index is -3.40. The van der Waals surface area contributed by atoms with Crippen LogP contribution in [0.1, 0.15) is 46.0 Å². The molecule has 0 heterocycles. The lowest BCUT2D eigenvalue weighted by molar-refractivity contribution is 0.480. The maximum Gasteiger partial charge on any atom is 0.252 e. The number of hydrogen-bond acceptors (Lipinski definition) is 3. The SMILES string of the molecule is CC(C)N(SC1CCCCC1)S(=O)(=O)c1ccccc1. The predicted molar refractivity (Wildman–Crippen MR) is 85.1 cm³/mol. The van der Waals surface area contributed by atoms with Crippen molar-refractivity contribution in [3.8, 4) is 0 Å². The van der Waals surface area contributed by atoms with Gasteiger partial charge in [-0.3, -0.25) is 0 Å². The number of benzene rings is 1. The third kappa shape index (κ3) is 3.77. The lowest BCUT2D eigenvalue weighted by Gasteiger charge is -2.30. The van der Waals surface area contributed by atoms with E-state index in [1.54, 1.807) is 28.0 Å². The highest BCUT2D eigenvalue weighted by atomic mass is 32.3. The monoisotopic (exact) mass is 313 g/mol. The Morgan fingerprint density at radius 1 is 1.10 bits per heavy atom. The summed E-state index contributed by atoms with van der Waals surface area (Å²) in [6.45, 7) is 3.88. The van der Waals surface area contributed by atoms with Gasteiger partial charge in [-0.25, -0.2) is 8.42 Å². The van der Waals surface area contributed by atoms with Crippen molar-refractivity contribution in [2.45, 2.75) is 62.1 Å². The van der Waals surface area contributed by atoms with Crippen LogP contribution in [0, 0.1) is 0 Å². The third-order valence-electron chi connectivity index (χ3n) is 3.50. The molecule has 0 aromatic heterocycles. The van der Waals surface area contributed by atoms with E-state index in [9.17, 15) is 8.42 Å². The van der Waals surface area contributed by atoms with Crippen molar-refractivity contribution in [3.63, 3.8) is 0 Å². The standard InChI is InChI=1S/C15H23NO2S2/c1-13(2)16(19-14-9-5-3-6-10-14)20(17,18)15-11-7-4-8-12-15/h4,7-8,11-14H,3,5-6,9-10H2,1-2H3. The first-order chi connectivity index (χ1) is 9.51. The van der Waals surface area contributed by atoms with Gasteiger partial charge in [-0.15, -0.1) is 3.71 Å². The van der Waals surface area contributed by atoms with Crippen molar-refractivity contribution in [2.24, 2.45) is 0 Å². The van der Waals surface area contributed by atoms with E-state index in [2.05, 4.69) is 0 Å². The van der Waals surface area contributed by atoms with Crippen molar-refractivity contribution in [2.75, 3.05) is 0 Å². The lowest BCUT2D eigenvalue weighted by atomic mass is 10.0. The largest absolute Gasteiger partial charge is 0.252 e. The molecule has 3 nitrogen and oxygen atoms in total.